The highest BCUT2D eigenvalue weighted by Crippen LogP contribution is 2.18. The van der Waals surface area contributed by atoms with Gasteiger partial charge in [0.15, 0.2) is 9.84 Å². The van der Waals surface area contributed by atoms with Gasteiger partial charge in [-0.1, -0.05) is 6.07 Å². The molecule has 0 aliphatic heterocycles. The topological polar surface area (TPSA) is 79.2 Å². The summed E-state index contributed by atoms with van der Waals surface area (Å²) < 4.78 is 28.5. The van der Waals surface area contributed by atoms with E-state index in [0.717, 1.165) is 6.26 Å². The standard InChI is InChI=1S/C15H22N2O3S/c1-12(2)17-15(3,11-16)8-9-20-13-6-5-7-14(10-13)21(4,18)19/h5-7,10,12,17H,8-9H2,1-4H3. The molecule has 0 heterocycles. The van der Waals surface area contributed by atoms with Crippen molar-refractivity contribution in [3.8, 4) is 11.8 Å². The van der Waals surface area contributed by atoms with Gasteiger partial charge in [-0.2, -0.15) is 5.26 Å². The van der Waals surface area contributed by atoms with E-state index in [1.807, 2.05) is 20.8 Å². The SMILES string of the molecule is CC(C)NC(C)(C#N)CCOc1cccc(S(C)(=O)=O)c1. The summed E-state index contributed by atoms with van der Waals surface area (Å²) in [4.78, 5) is 0.225. The van der Waals surface area contributed by atoms with E-state index in [-0.39, 0.29) is 10.9 Å². The van der Waals surface area contributed by atoms with Crippen molar-refractivity contribution in [2.45, 2.75) is 43.7 Å². The highest BCUT2D eigenvalue weighted by Gasteiger charge is 2.24. The molecule has 0 radical (unpaired) electrons. The van der Waals surface area contributed by atoms with Crippen molar-refractivity contribution in [1.82, 2.24) is 5.32 Å². The normalized spacial score (nSPS) is 14.5. The fourth-order valence-corrected chi connectivity index (χ4v) is 2.62. The molecule has 1 unspecified atom stereocenters. The van der Waals surface area contributed by atoms with Crippen LogP contribution < -0.4 is 10.1 Å². The zero-order chi connectivity index (χ0) is 16.1. The quantitative estimate of drug-likeness (QED) is 0.834. The largest absolute Gasteiger partial charge is 0.493 e. The molecule has 0 aliphatic rings. The second-order valence-electron chi connectivity index (χ2n) is 5.59. The van der Waals surface area contributed by atoms with Crippen LogP contribution in [-0.2, 0) is 9.84 Å². The van der Waals surface area contributed by atoms with Crippen LogP contribution in [0.25, 0.3) is 0 Å². The van der Waals surface area contributed by atoms with Gasteiger partial charge in [0.2, 0.25) is 0 Å². The van der Waals surface area contributed by atoms with E-state index in [1.165, 1.54) is 12.1 Å². The number of hydrogen-bond donors (Lipinski definition) is 1. The number of nitrogens with one attached hydrogen (secondary N) is 1. The molecule has 0 spiro atoms. The number of nitriles is 1. The van der Waals surface area contributed by atoms with Gasteiger partial charge in [0.1, 0.15) is 11.3 Å². The van der Waals surface area contributed by atoms with Crippen LogP contribution in [0.3, 0.4) is 0 Å². The molecule has 1 N–H and O–H groups in total. The molecule has 116 valence electrons. The molecule has 21 heavy (non-hydrogen) atoms. The van der Waals surface area contributed by atoms with Gasteiger partial charge >= 0.3 is 0 Å². The van der Waals surface area contributed by atoms with Gasteiger partial charge in [-0.15, -0.1) is 0 Å². The third kappa shape index (κ3) is 5.74. The molecule has 6 heteroatoms. The van der Waals surface area contributed by atoms with Gasteiger partial charge in [-0.25, -0.2) is 8.42 Å². The lowest BCUT2D eigenvalue weighted by Crippen LogP contribution is -2.45. The highest BCUT2D eigenvalue weighted by atomic mass is 32.2. The molecule has 0 bridgehead atoms. The van der Waals surface area contributed by atoms with E-state index < -0.39 is 15.4 Å². The molecular formula is C15H22N2O3S. The van der Waals surface area contributed by atoms with Crippen LogP contribution in [0.15, 0.2) is 29.2 Å². The fraction of sp³-hybridized carbons (Fsp3) is 0.533. The van der Waals surface area contributed by atoms with Crippen LogP contribution >= 0.6 is 0 Å². The van der Waals surface area contributed by atoms with Crippen molar-refractivity contribution in [2.24, 2.45) is 0 Å². The van der Waals surface area contributed by atoms with E-state index in [0.29, 0.717) is 18.8 Å². The second kappa shape index (κ2) is 6.92. The van der Waals surface area contributed by atoms with E-state index in [2.05, 4.69) is 11.4 Å². The third-order valence-electron chi connectivity index (χ3n) is 2.96. The Bertz CT molecular complexity index is 620. The molecule has 5 nitrogen and oxygen atoms in total. The van der Waals surface area contributed by atoms with Gasteiger partial charge in [-0.05, 0) is 39.0 Å². The predicted molar refractivity (Wildman–Crippen MR) is 82.0 cm³/mol. The van der Waals surface area contributed by atoms with Crippen LogP contribution in [0.1, 0.15) is 27.2 Å². The number of hydrogen-bond acceptors (Lipinski definition) is 5. The number of nitrogens with zero attached hydrogens (tertiary/aromatic N) is 1. The molecule has 1 aromatic rings. The average Bonchev–Trinajstić information content (AvgIpc) is 2.37. The summed E-state index contributed by atoms with van der Waals surface area (Å²) in [7, 11) is -3.24. The van der Waals surface area contributed by atoms with Crippen LogP contribution in [-0.4, -0.2) is 32.9 Å². The van der Waals surface area contributed by atoms with E-state index >= 15 is 0 Å². The Hall–Kier alpha value is -1.58. The minimum Gasteiger partial charge on any atom is -0.493 e. The maximum atomic E-state index is 11.5. The van der Waals surface area contributed by atoms with Gasteiger partial charge < -0.3 is 4.74 Å². The van der Waals surface area contributed by atoms with Crippen molar-refractivity contribution in [3.05, 3.63) is 24.3 Å². The Kier molecular flexibility index (Phi) is 5.76. The number of rotatable bonds is 7. The first-order valence-corrected chi connectivity index (χ1v) is 8.67. The van der Waals surface area contributed by atoms with Crippen LogP contribution in [0.5, 0.6) is 5.75 Å². The molecule has 0 aromatic heterocycles. The van der Waals surface area contributed by atoms with Crippen molar-refractivity contribution >= 4 is 9.84 Å². The van der Waals surface area contributed by atoms with Crippen molar-refractivity contribution < 1.29 is 13.2 Å². The molecule has 0 fully saturated rings. The van der Waals surface area contributed by atoms with Gasteiger partial charge in [0.25, 0.3) is 0 Å². The van der Waals surface area contributed by atoms with Gasteiger partial charge in [-0.3, -0.25) is 5.32 Å². The van der Waals surface area contributed by atoms with Crippen LogP contribution in [0.2, 0.25) is 0 Å². The smallest absolute Gasteiger partial charge is 0.175 e. The Morgan fingerprint density at radius 1 is 1.43 bits per heavy atom. The van der Waals surface area contributed by atoms with E-state index in [4.69, 9.17) is 4.74 Å². The Balaban J connectivity index is 2.66. The summed E-state index contributed by atoms with van der Waals surface area (Å²) in [5.74, 6) is 0.489. The summed E-state index contributed by atoms with van der Waals surface area (Å²) in [6.45, 7) is 6.11. The maximum absolute atomic E-state index is 11.5. The average molecular weight is 310 g/mol. The van der Waals surface area contributed by atoms with E-state index in [9.17, 15) is 13.7 Å². The molecule has 1 aromatic carbocycles. The zero-order valence-corrected chi connectivity index (χ0v) is 13.7. The number of ether oxygens (including phenoxy) is 1. The molecule has 0 saturated heterocycles. The molecule has 0 saturated carbocycles. The predicted octanol–water partition coefficient (Wildman–Crippen LogP) is 2.14. The van der Waals surface area contributed by atoms with Crippen molar-refractivity contribution in [1.29, 1.82) is 5.26 Å². The summed E-state index contributed by atoms with van der Waals surface area (Å²) >= 11 is 0. The first-order chi connectivity index (χ1) is 9.66. The summed E-state index contributed by atoms with van der Waals surface area (Å²) in [5.41, 5.74) is -0.664. The minimum absolute atomic E-state index is 0.197. The number of benzene rings is 1. The zero-order valence-electron chi connectivity index (χ0n) is 12.9. The molecule has 1 rings (SSSR count). The van der Waals surface area contributed by atoms with Crippen LogP contribution in [0, 0.1) is 11.3 Å². The Morgan fingerprint density at radius 2 is 2.10 bits per heavy atom. The first kappa shape index (κ1) is 17.5. The van der Waals surface area contributed by atoms with Gasteiger partial charge in [0.05, 0.1) is 17.6 Å². The first-order valence-electron chi connectivity index (χ1n) is 6.78. The summed E-state index contributed by atoms with van der Waals surface area (Å²) in [6.07, 6.45) is 1.66. The van der Waals surface area contributed by atoms with E-state index in [1.54, 1.807) is 12.1 Å². The second-order valence-corrected chi connectivity index (χ2v) is 7.60. The molecule has 0 amide bonds. The summed E-state index contributed by atoms with van der Waals surface area (Å²) in [5, 5.41) is 12.4. The summed E-state index contributed by atoms with van der Waals surface area (Å²) in [6, 6.07) is 8.81. The lowest BCUT2D eigenvalue weighted by atomic mass is 9.99. The van der Waals surface area contributed by atoms with Crippen molar-refractivity contribution in [2.75, 3.05) is 12.9 Å². The van der Waals surface area contributed by atoms with Crippen molar-refractivity contribution in [3.63, 3.8) is 0 Å². The van der Waals surface area contributed by atoms with Crippen LogP contribution in [0.4, 0.5) is 0 Å². The maximum Gasteiger partial charge on any atom is 0.175 e. The Labute approximate surface area is 126 Å². The Morgan fingerprint density at radius 3 is 2.62 bits per heavy atom. The molecular weight excluding hydrogens is 288 g/mol. The third-order valence-corrected chi connectivity index (χ3v) is 4.07. The fourth-order valence-electron chi connectivity index (χ4n) is 1.97. The molecule has 1 atom stereocenters. The number of sulfone groups is 1. The lowest BCUT2D eigenvalue weighted by Gasteiger charge is -2.25. The minimum atomic E-state index is -3.24. The monoisotopic (exact) mass is 310 g/mol. The molecule has 0 aliphatic carbocycles. The van der Waals surface area contributed by atoms with Gasteiger partial charge in [0, 0.05) is 18.7 Å². The lowest BCUT2D eigenvalue weighted by molar-refractivity contribution is 0.259. The highest BCUT2D eigenvalue weighted by molar-refractivity contribution is 7.90.